The van der Waals surface area contributed by atoms with E-state index in [0.29, 0.717) is 5.75 Å². The van der Waals surface area contributed by atoms with E-state index < -0.39 is 17.9 Å². The molecule has 0 bridgehead atoms. The molecule has 0 aliphatic carbocycles. The molecule has 1 rings (SSSR count). The fraction of sp³-hybridized carbons (Fsp3) is 0.333. The Morgan fingerprint density at radius 1 is 1.56 bits per heavy atom. The Bertz CT molecular complexity index is 385. The van der Waals surface area contributed by atoms with E-state index in [4.69, 9.17) is 4.74 Å². The fourth-order valence-corrected chi connectivity index (χ4v) is 1.13. The Hall–Kier alpha value is -1.92. The zero-order chi connectivity index (χ0) is 12.1. The number of anilines is 1. The molecule has 7 heteroatoms. The van der Waals surface area contributed by atoms with Gasteiger partial charge >= 0.3 is 0 Å². The average Bonchev–Trinajstić information content (AvgIpc) is 2.25. The van der Waals surface area contributed by atoms with E-state index in [9.17, 15) is 18.9 Å². The average molecular weight is 232 g/mol. The topological polar surface area (TPSA) is 64.4 Å². The van der Waals surface area contributed by atoms with Crippen molar-refractivity contribution >= 4 is 11.4 Å². The summed E-state index contributed by atoms with van der Waals surface area (Å²) in [4.78, 5) is 10.0. The van der Waals surface area contributed by atoms with Crippen LogP contribution in [0.25, 0.3) is 0 Å². The van der Waals surface area contributed by atoms with Gasteiger partial charge in [0, 0.05) is 0 Å². The SMILES string of the molecule is COc1ccc(NCC(F)F)c([N+](=O)[O-])c1. The minimum absolute atomic E-state index is 0.0473. The molecule has 1 N–H and O–H groups in total. The molecule has 0 spiro atoms. The number of nitro benzene ring substituents is 1. The van der Waals surface area contributed by atoms with Gasteiger partial charge in [0.05, 0.1) is 24.6 Å². The molecule has 0 saturated heterocycles. The Balaban J connectivity index is 2.94. The highest BCUT2D eigenvalue weighted by Crippen LogP contribution is 2.28. The molecule has 88 valence electrons. The van der Waals surface area contributed by atoms with E-state index in [-0.39, 0.29) is 11.4 Å². The molecule has 0 aliphatic rings. The maximum absolute atomic E-state index is 11.9. The van der Waals surface area contributed by atoms with Crippen LogP contribution in [0.1, 0.15) is 0 Å². The lowest BCUT2D eigenvalue weighted by atomic mass is 10.2. The van der Waals surface area contributed by atoms with Crippen LogP contribution in [-0.2, 0) is 0 Å². The van der Waals surface area contributed by atoms with Crippen LogP contribution in [0.3, 0.4) is 0 Å². The summed E-state index contributed by atoms with van der Waals surface area (Å²) >= 11 is 0. The predicted molar refractivity (Wildman–Crippen MR) is 54.1 cm³/mol. The number of methoxy groups -OCH3 is 1. The number of rotatable bonds is 5. The zero-order valence-corrected chi connectivity index (χ0v) is 8.44. The minimum atomic E-state index is -2.57. The molecule has 0 radical (unpaired) electrons. The van der Waals surface area contributed by atoms with Gasteiger partial charge in [-0.3, -0.25) is 10.1 Å². The van der Waals surface area contributed by atoms with Gasteiger partial charge in [-0.25, -0.2) is 8.78 Å². The summed E-state index contributed by atoms with van der Waals surface area (Å²) in [6.07, 6.45) is -2.57. The highest BCUT2D eigenvalue weighted by Gasteiger charge is 2.15. The Morgan fingerprint density at radius 3 is 2.75 bits per heavy atom. The van der Waals surface area contributed by atoms with Gasteiger partial charge in [0.15, 0.2) is 0 Å². The van der Waals surface area contributed by atoms with Gasteiger partial charge in [0.2, 0.25) is 0 Å². The maximum atomic E-state index is 11.9. The molecular formula is C9H10F2N2O3. The van der Waals surface area contributed by atoms with Crippen molar-refractivity contribution in [3.8, 4) is 5.75 Å². The van der Waals surface area contributed by atoms with E-state index in [1.807, 2.05) is 0 Å². The first kappa shape index (κ1) is 12.2. The molecule has 0 heterocycles. The molecule has 0 atom stereocenters. The molecule has 0 amide bonds. The van der Waals surface area contributed by atoms with Crippen molar-refractivity contribution in [3.05, 3.63) is 28.3 Å². The number of alkyl halides is 2. The van der Waals surface area contributed by atoms with Crippen molar-refractivity contribution in [2.45, 2.75) is 6.43 Å². The van der Waals surface area contributed by atoms with Crippen LogP contribution in [0.5, 0.6) is 5.75 Å². The zero-order valence-electron chi connectivity index (χ0n) is 8.44. The summed E-state index contributed by atoms with van der Waals surface area (Å²) in [5, 5.41) is 13.0. The third kappa shape index (κ3) is 3.04. The Labute approximate surface area is 90.2 Å². The largest absolute Gasteiger partial charge is 0.496 e. The number of hydrogen-bond donors (Lipinski definition) is 1. The number of nitrogens with one attached hydrogen (secondary N) is 1. The van der Waals surface area contributed by atoms with Crippen molar-refractivity contribution in [1.82, 2.24) is 0 Å². The lowest BCUT2D eigenvalue weighted by Crippen LogP contribution is -2.11. The van der Waals surface area contributed by atoms with Crippen LogP contribution in [0, 0.1) is 10.1 Å². The summed E-state index contributed by atoms with van der Waals surface area (Å²) in [6, 6.07) is 3.97. The van der Waals surface area contributed by atoms with Crippen LogP contribution in [0.2, 0.25) is 0 Å². The summed E-state index contributed by atoms with van der Waals surface area (Å²) in [7, 11) is 1.37. The van der Waals surface area contributed by atoms with Gasteiger partial charge in [-0.15, -0.1) is 0 Å². The lowest BCUT2D eigenvalue weighted by Gasteiger charge is -2.07. The molecule has 0 fully saturated rings. The normalized spacial score (nSPS) is 10.2. The van der Waals surface area contributed by atoms with Crippen molar-refractivity contribution in [2.24, 2.45) is 0 Å². The van der Waals surface area contributed by atoms with E-state index in [1.54, 1.807) is 0 Å². The maximum Gasteiger partial charge on any atom is 0.296 e. The number of hydrogen-bond acceptors (Lipinski definition) is 4. The summed E-state index contributed by atoms with van der Waals surface area (Å²) in [6.45, 7) is -0.632. The highest BCUT2D eigenvalue weighted by atomic mass is 19.3. The first-order valence-corrected chi connectivity index (χ1v) is 4.39. The van der Waals surface area contributed by atoms with Gasteiger partial charge < -0.3 is 10.1 Å². The molecule has 0 unspecified atom stereocenters. The van der Waals surface area contributed by atoms with Gasteiger partial charge in [-0.2, -0.15) is 0 Å². The smallest absolute Gasteiger partial charge is 0.296 e. The highest BCUT2D eigenvalue weighted by molar-refractivity contribution is 5.63. The van der Waals surface area contributed by atoms with Crippen LogP contribution in [0.15, 0.2) is 18.2 Å². The molecule has 0 aromatic heterocycles. The second-order valence-corrected chi connectivity index (χ2v) is 2.91. The van der Waals surface area contributed by atoms with E-state index in [1.165, 1.54) is 25.3 Å². The van der Waals surface area contributed by atoms with Crippen LogP contribution >= 0.6 is 0 Å². The summed E-state index contributed by atoms with van der Waals surface area (Å²) < 4.78 is 28.7. The van der Waals surface area contributed by atoms with Crippen LogP contribution in [0.4, 0.5) is 20.2 Å². The monoisotopic (exact) mass is 232 g/mol. The minimum Gasteiger partial charge on any atom is -0.496 e. The van der Waals surface area contributed by atoms with E-state index in [2.05, 4.69) is 5.32 Å². The molecule has 1 aromatic rings. The predicted octanol–water partition coefficient (Wildman–Crippen LogP) is 2.28. The molecule has 0 saturated carbocycles. The van der Waals surface area contributed by atoms with E-state index in [0.717, 1.165) is 0 Å². The number of halogens is 2. The summed E-state index contributed by atoms with van der Waals surface area (Å²) in [5.41, 5.74) is -0.244. The molecule has 1 aromatic carbocycles. The second-order valence-electron chi connectivity index (χ2n) is 2.91. The molecular weight excluding hydrogens is 222 g/mol. The van der Waals surface area contributed by atoms with E-state index >= 15 is 0 Å². The third-order valence-corrected chi connectivity index (χ3v) is 1.85. The Kier molecular flexibility index (Phi) is 3.98. The van der Waals surface area contributed by atoms with Gasteiger partial charge in [-0.05, 0) is 12.1 Å². The number of benzene rings is 1. The van der Waals surface area contributed by atoms with Crippen LogP contribution in [-0.4, -0.2) is 25.0 Å². The summed E-state index contributed by atoms with van der Waals surface area (Å²) in [5.74, 6) is 0.300. The standard InChI is InChI=1S/C9H10F2N2O3/c1-16-6-2-3-7(12-5-9(10)11)8(4-6)13(14)15/h2-4,9,12H,5H2,1H3. The second kappa shape index (κ2) is 5.24. The molecule has 0 aliphatic heterocycles. The van der Waals surface area contributed by atoms with Crippen LogP contribution < -0.4 is 10.1 Å². The quantitative estimate of drug-likeness (QED) is 0.624. The first-order chi connectivity index (χ1) is 7.54. The first-order valence-electron chi connectivity index (χ1n) is 4.39. The lowest BCUT2D eigenvalue weighted by molar-refractivity contribution is -0.384. The van der Waals surface area contributed by atoms with Crippen molar-refractivity contribution in [3.63, 3.8) is 0 Å². The van der Waals surface area contributed by atoms with Gasteiger partial charge in [-0.1, -0.05) is 0 Å². The fourth-order valence-electron chi connectivity index (χ4n) is 1.13. The van der Waals surface area contributed by atoms with Crippen molar-refractivity contribution in [2.75, 3.05) is 19.0 Å². The number of nitro groups is 1. The van der Waals surface area contributed by atoms with Crippen molar-refractivity contribution in [1.29, 1.82) is 0 Å². The Morgan fingerprint density at radius 2 is 2.25 bits per heavy atom. The number of nitrogens with zero attached hydrogens (tertiary/aromatic N) is 1. The molecule has 5 nitrogen and oxygen atoms in total. The van der Waals surface area contributed by atoms with Gasteiger partial charge in [0.1, 0.15) is 11.4 Å². The van der Waals surface area contributed by atoms with Gasteiger partial charge in [0.25, 0.3) is 12.1 Å². The third-order valence-electron chi connectivity index (χ3n) is 1.85. The molecule has 16 heavy (non-hydrogen) atoms. The van der Waals surface area contributed by atoms with Crippen molar-refractivity contribution < 1.29 is 18.4 Å². The number of ether oxygens (including phenoxy) is 1.